The third kappa shape index (κ3) is 3.17. The average Bonchev–Trinajstić information content (AvgIpc) is 2.29. The van der Waals surface area contributed by atoms with Crippen molar-refractivity contribution in [1.82, 2.24) is 4.98 Å². The van der Waals surface area contributed by atoms with Crippen molar-refractivity contribution >= 4 is 45.9 Å². The number of benzene rings is 1. The molecule has 1 aromatic carbocycles. The van der Waals surface area contributed by atoms with E-state index in [0.29, 0.717) is 16.4 Å². The van der Waals surface area contributed by atoms with Gasteiger partial charge in [-0.1, -0.05) is 23.7 Å². The normalized spacial score (nSPS) is 10.0. The van der Waals surface area contributed by atoms with Gasteiger partial charge in [-0.3, -0.25) is 4.79 Å². The van der Waals surface area contributed by atoms with E-state index in [1.807, 2.05) is 18.2 Å². The molecule has 0 bridgehead atoms. The molecule has 3 nitrogen and oxygen atoms in total. The summed E-state index contributed by atoms with van der Waals surface area (Å²) < 4.78 is 0.893. The number of pyridine rings is 1. The van der Waals surface area contributed by atoms with E-state index in [0.717, 1.165) is 3.57 Å². The van der Waals surface area contributed by atoms with E-state index in [1.54, 1.807) is 24.4 Å². The highest BCUT2D eigenvalue weighted by molar-refractivity contribution is 14.1. The van der Waals surface area contributed by atoms with Crippen molar-refractivity contribution in [3.05, 3.63) is 56.8 Å². The molecule has 0 unspecified atom stereocenters. The van der Waals surface area contributed by atoms with Crippen molar-refractivity contribution in [2.75, 3.05) is 5.32 Å². The van der Waals surface area contributed by atoms with Gasteiger partial charge in [0.2, 0.25) is 0 Å². The lowest BCUT2D eigenvalue weighted by Gasteiger charge is -2.05. The summed E-state index contributed by atoms with van der Waals surface area (Å²) in [5.41, 5.74) is 0.620. The maximum atomic E-state index is 11.9. The lowest BCUT2D eigenvalue weighted by Crippen LogP contribution is -2.14. The van der Waals surface area contributed by atoms with Crippen molar-refractivity contribution in [2.45, 2.75) is 0 Å². The molecule has 1 heterocycles. The molecule has 0 aliphatic carbocycles. The van der Waals surface area contributed by atoms with Gasteiger partial charge in [0.25, 0.3) is 5.91 Å². The lowest BCUT2D eigenvalue weighted by molar-refractivity contribution is 0.102. The van der Waals surface area contributed by atoms with Gasteiger partial charge in [0.1, 0.15) is 5.82 Å². The van der Waals surface area contributed by atoms with Crippen LogP contribution in [-0.2, 0) is 0 Å². The largest absolute Gasteiger partial charge is 0.306 e. The standard InChI is InChI=1S/C12H8ClIN2O/c13-8-5-6-15-11(7-8)16-12(17)9-3-1-2-4-10(9)14/h1-7H,(H,15,16,17). The molecule has 1 N–H and O–H groups in total. The molecule has 17 heavy (non-hydrogen) atoms. The van der Waals surface area contributed by atoms with Crippen LogP contribution in [0.3, 0.4) is 0 Å². The van der Waals surface area contributed by atoms with Crippen LogP contribution in [0.25, 0.3) is 0 Å². The zero-order valence-electron chi connectivity index (χ0n) is 8.65. The van der Waals surface area contributed by atoms with E-state index < -0.39 is 0 Å². The second-order valence-corrected chi connectivity index (χ2v) is 4.89. The van der Waals surface area contributed by atoms with Crippen molar-refractivity contribution in [3.63, 3.8) is 0 Å². The van der Waals surface area contributed by atoms with Gasteiger partial charge in [-0.25, -0.2) is 4.98 Å². The number of hydrogen-bond donors (Lipinski definition) is 1. The molecule has 0 saturated carbocycles. The van der Waals surface area contributed by atoms with Gasteiger partial charge in [-0.15, -0.1) is 0 Å². The first-order chi connectivity index (χ1) is 8.16. The van der Waals surface area contributed by atoms with Gasteiger partial charge in [-0.2, -0.15) is 0 Å². The van der Waals surface area contributed by atoms with E-state index >= 15 is 0 Å². The Hall–Kier alpha value is -1.14. The predicted molar refractivity (Wildman–Crippen MR) is 76.4 cm³/mol. The number of anilines is 1. The molecule has 2 rings (SSSR count). The van der Waals surface area contributed by atoms with Gasteiger partial charge < -0.3 is 5.32 Å². The summed E-state index contributed by atoms with van der Waals surface area (Å²) in [6.07, 6.45) is 1.55. The summed E-state index contributed by atoms with van der Waals surface area (Å²) >= 11 is 7.93. The first-order valence-corrected chi connectivity index (χ1v) is 6.30. The fourth-order valence-electron chi connectivity index (χ4n) is 1.30. The molecule has 86 valence electrons. The van der Waals surface area contributed by atoms with Gasteiger partial charge in [0, 0.05) is 14.8 Å². The molecular weight excluding hydrogens is 351 g/mol. The van der Waals surface area contributed by atoms with Gasteiger partial charge in [-0.05, 0) is 46.9 Å². The Labute approximate surface area is 117 Å². The Balaban J connectivity index is 2.20. The predicted octanol–water partition coefficient (Wildman–Crippen LogP) is 3.59. The smallest absolute Gasteiger partial charge is 0.257 e. The van der Waals surface area contributed by atoms with Gasteiger partial charge in [0.05, 0.1) is 5.56 Å². The Morgan fingerprint density at radius 3 is 2.76 bits per heavy atom. The van der Waals surface area contributed by atoms with Crippen LogP contribution in [0.2, 0.25) is 5.02 Å². The van der Waals surface area contributed by atoms with Crippen molar-refractivity contribution in [1.29, 1.82) is 0 Å². The summed E-state index contributed by atoms with van der Waals surface area (Å²) in [4.78, 5) is 16.0. The van der Waals surface area contributed by atoms with Crippen LogP contribution >= 0.6 is 34.2 Å². The Morgan fingerprint density at radius 1 is 1.29 bits per heavy atom. The summed E-state index contributed by atoms with van der Waals surface area (Å²) in [6, 6.07) is 10.6. The Morgan fingerprint density at radius 2 is 2.06 bits per heavy atom. The van der Waals surface area contributed by atoms with Crippen LogP contribution in [0.1, 0.15) is 10.4 Å². The number of nitrogens with zero attached hydrogens (tertiary/aromatic N) is 1. The first-order valence-electron chi connectivity index (χ1n) is 4.84. The first kappa shape index (κ1) is 12.3. The number of carbonyl (C=O) groups is 1. The monoisotopic (exact) mass is 358 g/mol. The molecule has 2 aromatic rings. The Kier molecular flexibility index (Phi) is 3.96. The molecule has 0 radical (unpaired) electrons. The second-order valence-electron chi connectivity index (χ2n) is 3.29. The fourth-order valence-corrected chi connectivity index (χ4v) is 2.09. The van der Waals surface area contributed by atoms with E-state index in [4.69, 9.17) is 11.6 Å². The Bertz CT molecular complexity index is 560. The number of nitrogens with one attached hydrogen (secondary N) is 1. The number of amides is 1. The highest BCUT2D eigenvalue weighted by Crippen LogP contribution is 2.15. The summed E-state index contributed by atoms with van der Waals surface area (Å²) in [6.45, 7) is 0. The van der Waals surface area contributed by atoms with E-state index in [-0.39, 0.29) is 5.91 Å². The van der Waals surface area contributed by atoms with E-state index in [9.17, 15) is 4.79 Å². The van der Waals surface area contributed by atoms with Crippen LogP contribution in [0, 0.1) is 3.57 Å². The molecule has 5 heteroatoms. The molecule has 0 fully saturated rings. The molecule has 0 aliphatic heterocycles. The third-order valence-electron chi connectivity index (χ3n) is 2.08. The summed E-state index contributed by atoms with van der Waals surface area (Å²) in [7, 11) is 0. The minimum atomic E-state index is -0.190. The molecule has 1 amide bonds. The van der Waals surface area contributed by atoms with Crippen LogP contribution in [-0.4, -0.2) is 10.9 Å². The quantitative estimate of drug-likeness (QED) is 0.834. The number of carbonyl (C=O) groups excluding carboxylic acids is 1. The minimum absolute atomic E-state index is 0.190. The zero-order valence-corrected chi connectivity index (χ0v) is 11.6. The van der Waals surface area contributed by atoms with Crippen molar-refractivity contribution in [3.8, 4) is 0 Å². The molecule has 0 aliphatic rings. The maximum Gasteiger partial charge on any atom is 0.257 e. The topological polar surface area (TPSA) is 42.0 Å². The zero-order chi connectivity index (χ0) is 12.3. The highest BCUT2D eigenvalue weighted by Gasteiger charge is 2.09. The molecule has 0 atom stereocenters. The average molecular weight is 359 g/mol. The van der Waals surface area contributed by atoms with Gasteiger partial charge in [0.15, 0.2) is 0 Å². The number of rotatable bonds is 2. The van der Waals surface area contributed by atoms with Crippen LogP contribution < -0.4 is 5.32 Å². The number of aromatic nitrogens is 1. The highest BCUT2D eigenvalue weighted by atomic mass is 127. The fraction of sp³-hybridized carbons (Fsp3) is 0. The van der Waals surface area contributed by atoms with Crippen molar-refractivity contribution in [2.24, 2.45) is 0 Å². The molecule has 1 aromatic heterocycles. The van der Waals surface area contributed by atoms with E-state index in [1.165, 1.54) is 0 Å². The number of halogens is 2. The SMILES string of the molecule is O=C(Nc1cc(Cl)ccn1)c1ccccc1I. The van der Waals surface area contributed by atoms with Gasteiger partial charge >= 0.3 is 0 Å². The summed E-state index contributed by atoms with van der Waals surface area (Å²) in [5.74, 6) is 0.256. The second kappa shape index (κ2) is 5.46. The van der Waals surface area contributed by atoms with Crippen molar-refractivity contribution < 1.29 is 4.79 Å². The summed E-state index contributed by atoms with van der Waals surface area (Å²) in [5, 5.41) is 3.24. The minimum Gasteiger partial charge on any atom is -0.306 e. The molecule has 0 saturated heterocycles. The molecular formula is C12H8ClIN2O. The third-order valence-corrected chi connectivity index (χ3v) is 3.26. The van der Waals surface area contributed by atoms with Crippen LogP contribution in [0.4, 0.5) is 5.82 Å². The molecule has 0 spiro atoms. The van der Waals surface area contributed by atoms with E-state index in [2.05, 4.69) is 32.9 Å². The van der Waals surface area contributed by atoms with Crippen LogP contribution in [0.15, 0.2) is 42.6 Å². The maximum absolute atomic E-state index is 11.9. The number of hydrogen-bond acceptors (Lipinski definition) is 2. The van der Waals surface area contributed by atoms with Crippen LogP contribution in [0.5, 0.6) is 0 Å². The lowest BCUT2D eigenvalue weighted by atomic mass is 10.2.